The summed E-state index contributed by atoms with van der Waals surface area (Å²) in [5.74, 6) is 2.53. The van der Waals surface area contributed by atoms with Crippen molar-refractivity contribution in [3.63, 3.8) is 0 Å². The lowest BCUT2D eigenvalue weighted by atomic mass is 10.1. The third kappa shape index (κ3) is 4.39. The fourth-order valence-corrected chi connectivity index (χ4v) is 3.18. The third-order valence-corrected chi connectivity index (χ3v) is 4.59. The Morgan fingerprint density at radius 1 is 1.19 bits per heavy atom. The van der Waals surface area contributed by atoms with Crippen molar-refractivity contribution in [2.24, 2.45) is 16.6 Å². The molecule has 0 aliphatic carbocycles. The molecule has 3 rings (SSSR count). The number of guanidine groups is 1. The van der Waals surface area contributed by atoms with Gasteiger partial charge < -0.3 is 25.4 Å². The Balaban J connectivity index is 1.55. The summed E-state index contributed by atoms with van der Waals surface area (Å²) in [4.78, 5) is 6.88. The highest BCUT2D eigenvalue weighted by Gasteiger charge is 2.22. The highest BCUT2D eigenvalue weighted by molar-refractivity contribution is 5.93. The van der Waals surface area contributed by atoms with E-state index in [4.69, 9.17) is 15.2 Å². The summed E-state index contributed by atoms with van der Waals surface area (Å²) in [6.07, 6.45) is 1.10. The Morgan fingerprint density at radius 3 is 2.85 bits per heavy atom. The summed E-state index contributed by atoms with van der Waals surface area (Å²) in [6, 6.07) is 15.8. The maximum atomic E-state index is 6.04. The summed E-state index contributed by atoms with van der Waals surface area (Å²) < 4.78 is 10.6. The predicted molar refractivity (Wildman–Crippen MR) is 106 cm³/mol. The number of aliphatic imine (C=N–C) groups is 1. The SMILES string of the molecule is COc1cccc(N2CCC(CN=C(N)Nc3ccccc3OC)C2)c1. The third-order valence-electron chi connectivity index (χ3n) is 4.59. The fourth-order valence-electron chi connectivity index (χ4n) is 3.18. The lowest BCUT2D eigenvalue weighted by Gasteiger charge is -2.19. The van der Waals surface area contributed by atoms with E-state index in [1.54, 1.807) is 14.2 Å². The van der Waals surface area contributed by atoms with Crippen LogP contribution in [0.15, 0.2) is 53.5 Å². The number of nitrogens with one attached hydrogen (secondary N) is 1. The maximum Gasteiger partial charge on any atom is 0.193 e. The zero-order valence-electron chi connectivity index (χ0n) is 15.3. The second-order valence-electron chi connectivity index (χ2n) is 6.35. The number of rotatable bonds is 6. The molecule has 1 unspecified atom stereocenters. The van der Waals surface area contributed by atoms with Gasteiger partial charge in [-0.2, -0.15) is 0 Å². The van der Waals surface area contributed by atoms with Gasteiger partial charge in [0.15, 0.2) is 5.96 Å². The number of nitrogens with zero attached hydrogens (tertiary/aromatic N) is 2. The van der Waals surface area contributed by atoms with E-state index in [2.05, 4.69) is 27.3 Å². The largest absolute Gasteiger partial charge is 0.497 e. The Kier molecular flexibility index (Phi) is 5.84. The molecule has 0 radical (unpaired) electrons. The van der Waals surface area contributed by atoms with Crippen LogP contribution in [0.3, 0.4) is 0 Å². The molecular formula is C20H26N4O2. The summed E-state index contributed by atoms with van der Waals surface area (Å²) >= 11 is 0. The standard InChI is InChI=1S/C20H26N4O2/c1-25-17-7-5-6-16(12-17)24-11-10-15(14-24)13-22-20(21)23-18-8-3-4-9-19(18)26-2/h3-9,12,15H,10-11,13-14H2,1-2H3,(H3,21,22,23). The monoisotopic (exact) mass is 354 g/mol. The molecule has 0 aromatic heterocycles. The molecule has 6 nitrogen and oxygen atoms in total. The van der Waals surface area contributed by atoms with Crippen molar-refractivity contribution in [2.45, 2.75) is 6.42 Å². The number of para-hydroxylation sites is 2. The van der Waals surface area contributed by atoms with Crippen molar-refractivity contribution in [1.82, 2.24) is 0 Å². The van der Waals surface area contributed by atoms with E-state index in [0.29, 0.717) is 18.4 Å². The summed E-state index contributed by atoms with van der Waals surface area (Å²) in [7, 11) is 3.33. The highest BCUT2D eigenvalue weighted by atomic mass is 16.5. The number of benzene rings is 2. The van der Waals surface area contributed by atoms with Crippen molar-refractivity contribution in [3.8, 4) is 11.5 Å². The van der Waals surface area contributed by atoms with Crippen molar-refractivity contribution in [1.29, 1.82) is 0 Å². The first-order chi connectivity index (χ1) is 12.7. The van der Waals surface area contributed by atoms with Gasteiger partial charge >= 0.3 is 0 Å². The predicted octanol–water partition coefficient (Wildman–Crippen LogP) is 2.96. The van der Waals surface area contributed by atoms with Crippen LogP contribution in [0.1, 0.15) is 6.42 Å². The van der Waals surface area contributed by atoms with Crippen molar-refractivity contribution in [2.75, 3.05) is 44.1 Å². The molecule has 1 aliphatic heterocycles. The van der Waals surface area contributed by atoms with E-state index in [1.807, 2.05) is 36.4 Å². The lowest BCUT2D eigenvalue weighted by molar-refractivity contribution is 0.415. The van der Waals surface area contributed by atoms with Crippen LogP contribution >= 0.6 is 0 Å². The van der Waals surface area contributed by atoms with Gasteiger partial charge in [-0.05, 0) is 36.6 Å². The van der Waals surface area contributed by atoms with Gasteiger partial charge in [-0.1, -0.05) is 18.2 Å². The molecule has 1 heterocycles. The van der Waals surface area contributed by atoms with Crippen LogP contribution in [0.25, 0.3) is 0 Å². The number of ether oxygens (including phenoxy) is 2. The van der Waals surface area contributed by atoms with E-state index in [1.165, 1.54) is 5.69 Å². The van der Waals surface area contributed by atoms with E-state index < -0.39 is 0 Å². The number of hydrogen-bond acceptors (Lipinski definition) is 4. The van der Waals surface area contributed by atoms with Gasteiger partial charge in [-0.3, -0.25) is 4.99 Å². The molecular weight excluding hydrogens is 328 g/mol. The zero-order valence-corrected chi connectivity index (χ0v) is 15.3. The van der Waals surface area contributed by atoms with E-state index in [-0.39, 0.29) is 0 Å². The minimum absolute atomic E-state index is 0.411. The first-order valence-electron chi connectivity index (χ1n) is 8.78. The number of hydrogen-bond donors (Lipinski definition) is 2. The molecule has 138 valence electrons. The van der Waals surface area contributed by atoms with Gasteiger partial charge in [-0.25, -0.2) is 0 Å². The Morgan fingerprint density at radius 2 is 2.04 bits per heavy atom. The molecule has 0 bridgehead atoms. The number of methoxy groups -OCH3 is 2. The van der Waals surface area contributed by atoms with E-state index in [9.17, 15) is 0 Å². The Bertz CT molecular complexity index is 763. The average molecular weight is 354 g/mol. The number of anilines is 2. The molecule has 2 aromatic carbocycles. The molecule has 2 aromatic rings. The smallest absolute Gasteiger partial charge is 0.193 e. The van der Waals surface area contributed by atoms with Crippen LogP contribution in [0.4, 0.5) is 11.4 Å². The zero-order chi connectivity index (χ0) is 18.4. The quantitative estimate of drug-likeness (QED) is 0.616. The van der Waals surface area contributed by atoms with Crippen molar-refractivity contribution < 1.29 is 9.47 Å². The van der Waals surface area contributed by atoms with Crippen molar-refractivity contribution >= 4 is 17.3 Å². The van der Waals surface area contributed by atoms with Gasteiger partial charge in [-0.15, -0.1) is 0 Å². The van der Waals surface area contributed by atoms with Crippen LogP contribution in [-0.4, -0.2) is 39.8 Å². The van der Waals surface area contributed by atoms with Gasteiger partial charge in [0, 0.05) is 31.4 Å². The van der Waals surface area contributed by atoms with Crippen LogP contribution in [-0.2, 0) is 0 Å². The van der Waals surface area contributed by atoms with Gasteiger partial charge in [0.25, 0.3) is 0 Å². The van der Waals surface area contributed by atoms with Crippen LogP contribution < -0.4 is 25.4 Å². The Labute approximate surface area is 154 Å². The minimum Gasteiger partial charge on any atom is -0.497 e. The maximum absolute atomic E-state index is 6.04. The minimum atomic E-state index is 0.411. The highest BCUT2D eigenvalue weighted by Crippen LogP contribution is 2.27. The summed E-state index contributed by atoms with van der Waals surface area (Å²) in [5.41, 5.74) is 8.06. The fraction of sp³-hybridized carbons (Fsp3) is 0.350. The summed E-state index contributed by atoms with van der Waals surface area (Å²) in [5, 5.41) is 3.12. The second kappa shape index (κ2) is 8.47. The topological polar surface area (TPSA) is 72.1 Å². The average Bonchev–Trinajstić information content (AvgIpc) is 3.16. The number of nitrogens with two attached hydrogens (primary N) is 1. The molecule has 6 heteroatoms. The summed E-state index contributed by atoms with van der Waals surface area (Å²) in [6.45, 7) is 2.69. The van der Waals surface area contributed by atoms with Gasteiger partial charge in [0.05, 0.1) is 19.9 Å². The lowest BCUT2D eigenvalue weighted by Crippen LogP contribution is -2.25. The molecule has 0 spiro atoms. The molecule has 1 saturated heterocycles. The van der Waals surface area contributed by atoms with E-state index in [0.717, 1.165) is 36.7 Å². The van der Waals surface area contributed by atoms with Crippen LogP contribution in [0.2, 0.25) is 0 Å². The van der Waals surface area contributed by atoms with Crippen LogP contribution in [0, 0.1) is 5.92 Å². The van der Waals surface area contributed by atoms with Crippen molar-refractivity contribution in [3.05, 3.63) is 48.5 Å². The molecule has 1 aliphatic rings. The molecule has 0 amide bonds. The van der Waals surface area contributed by atoms with Gasteiger partial charge in [0.1, 0.15) is 11.5 Å². The molecule has 3 N–H and O–H groups in total. The molecule has 0 saturated carbocycles. The first-order valence-corrected chi connectivity index (χ1v) is 8.78. The first kappa shape index (κ1) is 17.9. The normalized spacial score (nSPS) is 17.2. The molecule has 1 atom stereocenters. The second-order valence-corrected chi connectivity index (χ2v) is 6.35. The van der Waals surface area contributed by atoms with Crippen LogP contribution in [0.5, 0.6) is 11.5 Å². The molecule has 26 heavy (non-hydrogen) atoms. The molecule has 1 fully saturated rings. The Hall–Kier alpha value is -2.89. The van der Waals surface area contributed by atoms with E-state index >= 15 is 0 Å². The van der Waals surface area contributed by atoms with Gasteiger partial charge in [0.2, 0.25) is 0 Å².